The first kappa shape index (κ1) is 16.2. The highest BCUT2D eigenvalue weighted by molar-refractivity contribution is 7.98. The largest absolute Gasteiger partial charge is 0.480 e. The molecule has 0 aromatic heterocycles. The lowest BCUT2D eigenvalue weighted by molar-refractivity contribution is -0.142. The van der Waals surface area contributed by atoms with E-state index in [4.69, 9.17) is 10.8 Å². The molecule has 17 heavy (non-hydrogen) atoms. The Morgan fingerprint density at radius 3 is 2.29 bits per heavy atom. The van der Waals surface area contributed by atoms with E-state index in [-0.39, 0.29) is 5.41 Å². The van der Waals surface area contributed by atoms with Gasteiger partial charge in [0, 0.05) is 0 Å². The van der Waals surface area contributed by atoms with Gasteiger partial charge < -0.3 is 16.2 Å². The van der Waals surface area contributed by atoms with Gasteiger partial charge in [0.1, 0.15) is 6.04 Å². The number of nitrogens with two attached hydrogens (primary N) is 1. The third-order valence-corrected chi connectivity index (χ3v) is 3.08. The molecule has 0 saturated carbocycles. The van der Waals surface area contributed by atoms with E-state index in [0.717, 1.165) is 0 Å². The third-order valence-electron chi connectivity index (χ3n) is 2.44. The van der Waals surface area contributed by atoms with Crippen molar-refractivity contribution in [1.29, 1.82) is 0 Å². The fourth-order valence-electron chi connectivity index (χ4n) is 1.15. The van der Waals surface area contributed by atoms with Crippen molar-refractivity contribution >= 4 is 23.6 Å². The SMILES string of the molecule is CSCCC(NC(=O)[C@@H](N)C(C)(C)C)C(=O)O. The van der Waals surface area contributed by atoms with E-state index in [2.05, 4.69) is 5.32 Å². The molecule has 4 N–H and O–H groups in total. The van der Waals surface area contributed by atoms with Crippen LogP contribution in [0.3, 0.4) is 0 Å². The first-order valence-electron chi connectivity index (χ1n) is 5.48. The van der Waals surface area contributed by atoms with E-state index in [0.29, 0.717) is 12.2 Å². The monoisotopic (exact) mass is 262 g/mol. The molecule has 1 amide bonds. The number of carboxylic acid groups (broad SMARTS) is 1. The fraction of sp³-hybridized carbons (Fsp3) is 0.818. The van der Waals surface area contributed by atoms with E-state index in [1.165, 1.54) is 0 Å². The second-order valence-electron chi connectivity index (χ2n) is 5.02. The van der Waals surface area contributed by atoms with Gasteiger partial charge >= 0.3 is 5.97 Å². The Bertz CT molecular complexity index is 276. The molecule has 0 heterocycles. The molecular weight excluding hydrogens is 240 g/mol. The van der Waals surface area contributed by atoms with Crippen molar-refractivity contribution in [2.75, 3.05) is 12.0 Å². The zero-order chi connectivity index (χ0) is 13.6. The van der Waals surface area contributed by atoms with Crippen molar-refractivity contribution in [2.24, 2.45) is 11.1 Å². The molecule has 0 radical (unpaired) electrons. The quantitative estimate of drug-likeness (QED) is 0.654. The number of rotatable bonds is 6. The van der Waals surface area contributed by atoms with Crippen LogP contribution in [0.5, 0.6) is 0 Å². The van der Waals surface area contributed by atoms with Crippen LogP contribution < -0.4 is 11.1 Å². The van der Waals surface area contributed by atoms with E-state index >= 15 is 0 Å². The zero-order valence-corrected chi connectivity index (χ0v) is 11.6. The van der Waals surface area contributed by atoms with E-state index < -0.39 is 24.0 Å². The number of aliphatic carboxylic acids is 1. The summed E-state index contributed by atoms with van der Waals surface area (Å²) in [7, 11) is 0. The molecule has 0 aliphatic heterocycles. The highest BCUT2D eigenvalue weighted by Crippen LogP contribution is 2.17. The van der Waals surface area contributed by atoms with Crippen LogP contribution in [0, 0.1) is 5.41 Å². The summed E-state index contributed by atoms with van der Waals surface area (Å²) in [6.07, 6.45) is 2.29. The van der Waals surface area contributed by atoms with E-state index in [1.807, 2.05) is 27.0 Å². The second-order valence-corrected chi connectivity index (χ2v) is 6.01. The van der Waals surface area contributed by atoms with Crippen LogP contribution >= 0.6 is 11.8 Å². The lowest BCUT2D eigenvalue weighted by Crippen LogP contribution is -2.53. The van der Waals surface area contributed by atoms with Crippen molar-refractivity contribution in [3.8, 4) is 0 Å². The summed E-state index contributed by atoms with van der Waals surface area (Å²) >= 11 is 1.54. The lowest BCUT2D eigenvalue weighted by atomic mass is 9.87. The standard InChI is InChI=1S/C11H22N2O3S/c1-11(2,3)8(12)9(14)13-7(10(15)16)5-6-17-4/h7-8H,5-6,12H2,1-4H3,(H,13,14)(H,15,16)/t7?,8-/m1/s1. The molecule has 0 aromatic rings. The van der Waals surface area contributed by atoms with Crippen LogP contribution in [0.25, 0.3) is 0 Å². The fourth-order valence-corrected chi connectivity index (χ4v) is 1.62. The number of hydrogen-bond acceptors (Lipinski definition) is 4. The number of thioether (sulfide) groups is 1. The average Bonchev–Trinajstić information content (AvgIpc) is 2.20. The van der Waals surface area contributed by atoms with Gasteiger partial charge in [-0.05, 0) is 23.8 Å². The molecule has 100 valence electrons. The number of carbonyl (C=O) groups is 2. The molecule has 0 spiro atoms. The Hall–Kier alpha value is -0.750. The third kappa shape index (κ3) is 5.93. The molecule has 0 aliphatic carbocycles. The van der Waals surface area contributed by atoms with Crippen molar-refractivity contribution in [3.05, 3.63) is 0 Å². The minimum absolute atomic E-state index is 0.382. The van der Waals surface area contributed by atoms with Gasteiger partial charge in [0.05, 0.1) is 6.04 Å². The Morgan fingerprint density at radius 2 is 1.94 bits per heavy atom. The molecule has 1 unspecified atom stereocenters. The highest BCUT2D eigenvalue weighted by Gasteiger charge is 2.30. The summed E-state index contributed by atoms with van der Waals surface area (Å²) in [5, 5.41) is 11.4. The summed E-state index contributed by atoms with van der Waals surface area (Å²) < 4.78 is 0. The number of nitrogens with one attached hydrogen (secondary N) is 1. The first-order chi connectivity index (χ1) is 7.70. The van der Waals surface area contributed by atoms with Gasteiger partial charge in [0.15, 0.2) is 0 Å². The van der Waals surface area contributed by atoms with Crippen molar-refractivity contribution in [1.82, 2.24) is 5.32 Å². The number of hydrogen-bond donors (Lipinski definition) is 3. The summed E-state index contributed by atoms with van der Waals surface area (Å²) in [5.74, 6) is -0.748. The van der Waals surface area contributed by atoms with Crippen molar-refractivity contribution in [2.45, 2.75) is 39.3 Å². The Morgan fingerprint density at radius 1 is 1.41 bits per heavy atom. The van der Waals surface area contributed by atoms with Gasteiger partial charge in [-0.3, -0.25) is 4.79 Å². The van der Waals surface area contributed by atoms with Gasteiger partial charge in [0.25, 0.3) is 0 Å². The van der Waals surface area contributed by atoms with Gasteiger partial charge in [-0.2, -0.15) is 11.8 Å². The van der Waals surface area contributed by atoms with Gasteiger partial charge in [-0.25, -0.2) is 4.79 Å². The maximum absolute atomic E-state index is 11.8. The summed E-state index contributed by atoms with van der Waals surface area (Å²) in [4.78, 5) is 22.7. The molecule has 2 atom stereocenters. The van der Waals surface area contributed by atoms with Crippen molar-refractivity contribution < 1.29 is 14.7 Å². The molecule has 6 heteroatoms. The maximum atomic E-state index is 11.8. The maximum Gasteiger partial charge on any atom is 0.326 e. The molecule has 0 fully saturated rings. The topological polar surface area (TPSA) is 92.4 Å². The molecule has 0 rings (SSSR count). The molecule has 0 aromatic carbocycles. The number of carbonyl (C=O) groups excluding carboxylic acids is 1. The normalized spacial score (nSPS) is 15.1. The van der Waals surface area contributed by atoms with Gasteiger partial charge in [-0.15, -0.1) is 0 Å². The van der Waals surface area contributed by atoms with Crippen LogP contribution in [0.4, 0.5) is 0 Å². The van der Waals surface area contributed by atoms with E-state index in [1.54, 1.807) is 11.8 Å². The lowest BCUT2D eigenvalue weighted by Gasteiger charge is -2.27. The summed E-state index contributed by atoms with van der Waals surface area (Å²) in [5.41, 5.74) is 5.38. The molecule has 0 bridgehead atoms. The predicted molar refractivity (Wildman–Crippen MR) is 70.0 cm³/mol. The van der Waals surface area contributed by atoms with Gasteiger partial charge in [0.2, 0.25) is 5.91 Å². The summed E-state index contributed by atoms with van der Waals surface area (Å²) in [6.45, 7) is 5.53. The van der Waals surface area contributed by atoms with Crippen LogP contribution in [-0.4, -0.2) is 41.1 Å². The smallest absolute Gasteiger partial charge is 0.326 e. The number of carboxylic acids is 1. The molecule has 5 nitrogen and oxygen atoms in total. The Balaban J connectivity index is 4.45. The predicted octanol–water partition coefficient (Wildman–Crippen LogP) is 0.682. The van der Waals surface area contributed by atoms with Crippen LogP contribution in [-0.2, 0) is 9.59 Å². The van der Waals surface area contributed by atoms with Crippen LogP contribution in [0.15, 0.2) is 0 Å². The summed E-state index contributed by atoms with van der Waals surface area (Å²) in [6, 6.07) is -1.57. The van der Waals surface area contributed by atoms with Gasteiger partial charge in [-0.1, -0.05) is 20.8 Å². The van der Waals surface area contributed by atoms with Crippen molar-refractivity contribution in [3.63, 3.8) is 0 Å². The average molecular weight is 262 g/mol. The highest BCUT2D eigenvalue weighted by atomic mass is 32.2. The van der Waals surface area contributed by atoms with Crippen LogP contribution in [0.1, 0.15) is 27.2 Å². The van der Waals surface area contributed by atoms with Crippen LogP contribution in [0.2, 0.25) is 0 Å². The first-order valence-corrected chi connectivity index (χ1v) is 6.87. The molecule has 0 aliphatic rings. The van der Waals surface area contributed by atoms with E-state index in [9.17, 15) is 9.59 Å². The Labute approximate surface area is 107 Å². The minimum atomic E-state index is -1.02. The zero-order valence-electron chi connectivity index (χ0n) is 10.8. The second kappa shape index (κ2) is 6.86. The molecule has 0 saturated heterocycles. The Kier molecular flexibility index (Phi) is 6.56. The minimum Gasteiger partial charge on any atom is -0.480 e. The number of amides is 1. The molecular formula is C11H22N2O3S.